The van der Waals surface area contributed by atoms with Crippen molar-refractivity contribution in [1.29, 1.82) is 0 Å². The first-order valence-corrected chi connectivity index (χ1v) is 8.79. The van der Waals surface area contributed by atoms with Gasteiger partial charge in [-0.3, -0.25) is 4.79 Å². The number of carbonyl (C=O) groups is 1. The van der Waals surface area contributed by atoms with Crippen LogP contribution >= 0.6 is 11.6 Å². The molecule has 1 aromatic heterocycles. The lowest BCUT2D eigenvalue weighted by molar-refractivity contribution is 0.0952. The Morgan fingerprint density at radius 1 is 1.16 bits per heavy atom. The molecule has 0 aliphatic rings. The molecular weight excluding hydrogens is 336 g/mol. The number of aromatic nitrogens is 1. The summed E-state index contributed by atoms with van der Waals surface area (Å²) in [7, 11) is 4.04. The van der Waals surface area contributed by atoms with Gasteiger partial charge in [0, 0.05) is 29.9 Å². The van der Waals surface area contributed by atoms with E-state index in [1.807, 2.05) is 38.4 Å². The lowest BCUT2D eigenvalue weighted by Gasteiger charge is -2.10. The Labute approximate surface area is 154 Å². The van der Waals surface area contributed by atoms with Gasteiger partial charge in [-0.25, -0.2) is 4.98 Å². The first kappa shape index (κ1) is 19.2. The van der Waals surface area contributed by atoms with Crippen molar-refractivity contribution in [2.45, 2.75) is 12.8 Å². The molecule has 0 unspecified atom stereocenters. The summed E-state index contributed by atoms with van der Waals surface area (Å²) in [6.07, 6.45) is 3.44. The fourth-order valence-corrected chi connectivity index (χ4v) is 2.48. The van der Waals surface area contributed by atoms with E-state index >= 15 is 0 Å². The Bertz CT molecular complexity index is 673. The number of benzene rings is 1. The van der Waals surface area contributed by atoms with Crippen LogP contribution in [0.3, 0.4) is 0 Å². The van der Waals surface area contributed by atoms with E-state index < -0.39 is 0 Å². The molecule has 0 spiro atoms. The summed E-state index contributed by atoms with van der Waals surface area (Å²) >= 11 is 5.88. The van der Waals surface area contributed by atoms with Gasteiger partial charge in [-0.2, -0.15) is 0 Å². The molecule has 2 aromatic rings. The molecule has 1 amide bonds. The summed E-state index contributed by atoms with van der Waals surface area (Å²) in [4.78, 5) is 18.5. The fourth-order valence-electron chi connectivity index (χ4n) is 2.35. The van der Waals surface area contributed by atoms with Crippen LogP contribution < -0.4 is 10.6 Å². The maximum absolute atomic E-state index is 12.2. The number of pyridine rings is 1. The molecule has 5 nitrogen and oxygen atoms in total. The smallest absolute Gasteiger partial charge is 0.251 e. The highest BCUT2D eigenvalue weighted by Gasteiger charge is 2.06. The molecule has 0 saturated carbocycles. The predicted octanol–water partition coefficient (Wildman–Crippen LogP) is 3.07. The minimum atomic E-state index is -0.0677. The molecule has 134 valence electrons. The third kappa shape index (κ3) is 7.11. The highest BCUT2D eigenvalue weighted by atomic mass is 35.5. The van der Waals surface area contributed by atoms with Crippen LogP contribution in [0.1, 0.15) is 22.3 Å². The topological polar surface area (TPSA) is 57.3 Å². The predicted molar refractivity (Wildman–Crippen MR) is 103 cm³/mol. The minimum absolute atomic E-state index is 0.0677. The van der Waals surface area contributed by atoms with E-state index in [9.17, 15) is 4.79 Å². The van der Waals surface area contributed by atoms with Crippen molar-refractivity contribution in [3.63, 3.8) is 0 Å². The van der Waals surface area contributed by atoms with Gasteiger partial charge in [-0.15, -0.1) is 0 Å². The number of hydrogen-bond acceptors (Lipinski definition) is 4. The zero-order chi connectivity index (χ0) is 18.1. The molecule has 1 heterocycles. The summed E-state index contributed by atoms with van der Waals surface area (Å²) in [6, 6.07) is 11.3. The maximum atomic E-state index is 12.2. The van der Waals surface area contributed by atoms with E-state index in [0.29, 0.717) is 17.9 Å². The zero-order valence-corrected chi connectivity index (χ0v) is 15.5. The minimum Gasteiger partial charge on any atom is -0.370 e. The molecule has 6 heteroatoms. The van der Waals surface area contributed by atoms with E-state index in [1.165, 1.54) is 5.56 Å². The van der Waals surface area contributed by atoms with E-state index in [1.54, 1.807) is 18.3 Å². The second-order valence-electron chi connectivity index (χ2n) is 6.15. The van der Waals surface area contributed by atoms with Crippen molar-refractivity contribution in [3.05, 3.63) is 58.7 Å². The number of nitrogens with one attached hydrogen (secondary N) is 2. The average molecular weight is 361 g/mol. The van der Waals surface area contributed by atoms with Crippen molar-refractivity contribution in [1.82, 2.24) is 15.2 Å². The molecule has 2 rings (SSSR count). The number of hydrogen-bond donors (Lipinski definition) is 2. The molecule has 25 heavy (non-hydrogen) atoms. The summed E-state index contributed by atoms with van der Waals surface area (Å²) in [5, 5.41) is 6.93. The monoisotopic (exact) mass is 360 g/mol. The largest absolute Gasteiger partial charge is 0.370 e. The molecule has 0 bridgehead atoms. The van der Waals surface area contributed by atoms with Crippen molar-refractivity contribution >= 4 is 23.3 Å². The van der Waals surface area contributed by atoms with Gasteiger partial charge in [0.1, 0.15) is 5.82 Å². The molecule has 1 aromatic carbocycles. The number of halogens is 1. The van der Waals surface area contributed by atoms with Gasteiger partial charge in [-0.05, 0) is 63.3 Å². The Morgan fingerprint density at radius 3 is 2.64 bits per heavy atom. The van der Waals surface area contributed by atoms with E-state index in [0.717, 1.165) is 31.0 Å². The lowest BCUT2D eigenvalue weighted by atomic mass is 10.1. The number of nitrogens with zero attached hydrogens (tertiary/aromatic N) is 2. The maximum Gasteiger partial charge on any atom is 0.251 e. The van der Waals surface area contributed by atoms with Gasteiger partial charge in [-0.1, -0.05) is 23.7 Å². The number of rotatable bonds is 9. The molecule has 0 aliphatic heterocycles. The molecule has 0 saturated heterocycles. The fraction of sp³-hybridized carbons (Fsp3) is 0.368. The Kier molecular flexibility index (Phi) is 7.70. The molecule has 0 atom stereocenters. The van der Waals surface area contributed by atoms with Crippen LogP contribution in [-0.2, 0) is 6.42 Å². The Morgan fingerprint density at radius 2 is 1.92 bits per heavy atom. The first-order chi connectivity index (χ1) is 12.0. The standard InChI is InChI=1S/C19H25ClN4O/c1-24(2)13-3-10-23-19(25)16-9-12-22-18(14-16)21-11-8-15-4-6-17(20)7-5-15/h4-7,9,12,14H,3,8,10-11,13H2,1-2H3,(H,21,22)(H,23,25). The van der Waals surface area contributed by atoms with Gasteiger partial charge in [0.15, 0.2) is 0 Å². The molecule has 2 N–H and O–H groups in total. The third-order valence-electron chi connectivity index (χ3n) is 3.72. The van der Waals surface area contributed by atoms with Crippen LogP contribution in [0.25, 0.3) is 0 Å². The van der Waals surface area contributed by atoms with Crippen LogP contribution in [0.2, 0.25) is 5.02 Å². The van der Waals surface area contributed by atoms with E-state index in [-0.39, 0.29) is 5.91 Å². The summed E-state index contributed by atoms with van der Waals surface area (Å²) < 4.78 is 0. The number of amides is 1. The molecule has 0 fully saturated rings. The number of carbonyl (C=O) groups excluding carboxylic acids is 1. The SMILES string of the molecule is CN(C)CCCNC(=O)c1ccnc(NCCc2ccc(Cl)cc2)c1. The Hall–Kier alpha value is -2.11. The third-order valence-corrected chi connectivity index (χ3v) is 3.97. The van der Waals surface area contributed by atoms with Crippen LogP contribution in [0, 0.1) is 0 Å². The summed E-state index contributed by atoms with van der Waals surface area (Å²) in [5.74, 6) is 0.636. The van der Waals surface area contributed by atoms with Crippen LogP contribution in [0.15, 0.2) is 42.6 Å². The lowest BCUT2D eigenvalue weighted by Crippen LogP contribution is -2.27. The van der Waals surface area contributed by atoms with Crippen LogP contribution in [0.4, 0.5) is 5.82 Å². The van der Waals surface area contributed by atoms with Gasteiger partial charge < -0.3 is 15.5 Å². The van der Waals surface area contributed by atoms with Crippen molar-refractivity contribution in [2.24, 2.45) is 0 Å². The van der Waals surface area contributed by atoms with Crippen molar-refractivity contribution in [2.75, 3.05) is 39.0 Å². The van der Waals surface area contributed by atoms with E-state index in [4.69, 9.17) is 11.6 Å². The quantitative estimate of drug-likeness (QED) is 0.675. The van der Waals surface area contributed by atoms with Crippen LogP contribution in [-0.4, -0.2) is 49.5 Å². The van der Waals surface area contributed by atoms with Gasteiger partial charge in [0.25, 0.3) is 5.91 Å². The molecule has 0 aliphatic carbocycles. The highest BCUT2D eigenvalue weighted by molar-refractivity contribution is 6.30. The summed E-state index contributed by atoms with van der Waals surface area (Å²) in [5.41, 5.74) is 1.82. The second-order valence-corrected chi connectivity index (χ2v) is 6.58. The first-order valence-electron chi connectivity index (χ1n) is 8.42. The number of anilines is 1. The summed E-state index contributed by atoms with van der Waals surface area (Å²) in [6.45, 7) is 2.36. The zero-order valence-electron chi connectivity index (χ0n) is 14.8. The second kappa shape index (κ2) is 10.0. The highest BCUT2D eigenvalue weighted by Crippen LogP contribution is 2.11. The molecule has 0 radical (unpaired) electrons. The van der Waals surface area contributed by atoms with Crippen molar-refractivity contribution in [3.8, 4) is 0 Å². The van der Waals surface area contributed by atoms with Gasteiger partial charge >= 0.3 is 0 Å². The van der Waals surface area contributed by atoms with Crippen LogP contribution in [0.5, 0.6) is 0 Å². The van der Waals surface area contributed by atoms with E-state index in [2.05, 4.69) is 20.5 Å². The molecular formula is C19H25ClN4O. The Balaban J connectivity index is 1.79. The van der Waals surface area contributed by atoms with Crippen molar-refractivity contribution < 1.29 is 4.79 Å². The van der Waals surface area contributed by atoms with Gasteiger partial charge in [0.2, 0.25) is 0 Å². The average Bonchev–Trinajstić information content (AvgIpc) is 2.60. The normalized spacial score (nSPS) is 10.7. The van der Waals surface area contributed by atoms with Gasteiger partial charge in [0.05, 0.1) is 0 Å².